The number of methoxy groups -OCH3 is 1. The van der Waals surface area contributed by atoms with Crippen molar-refractivity contribution in [1.82, 2.24) is 4.57 Å². The lowest BCUT2D eigenvalue weighted by Gasteiger charge is -2.02. The monoisotopic (exact) mass is 153 g/mol. The van der Waals surface area contributed by atoms with Crippen LogP contribution in [0, 0.1) is 0 Å². The zero-order valence-electron chi connectivity index (χ0n) is 6.49. The first kappa shape index (κ1) is 8.01. The molecule has 0 radical (unpaired) electrons. The van der Waals surface area contributed by atoms with E-state index in [2.05, 4.69) is 0 Å². The van der Waals surface area contributed by atoms with Crippen LogP contribution < -0.4 is 5.43 Å². The van der Waals surface area contributed by atoms with E-state index in [1.807, 2.05) is 4.57 Å². The van der Waals surface area contributed by atoms with Gasteiger partial charge in [-0.15, -0.1) is 0 Å². The summed E-state index contributed by atoms with van der Waals surface area (Å²) < 4.78 is 6.78. The Kier molecular flexibility index (Phi) is 2.86. The second-order valence-corrected chi connectivity index (χ2v) is 2.26. The first-order chi connectivity index (χ1) is 5.33. The van der Waals surface area contributed by atoms with E-state index in [-0.39, 0.29) is 5.43 Å². The minimum absolute atomic E-state index is 0.0404. The number of ether oxygens (including phenoxy) is 1. The standard InChI is InChI=1S/C8H11NO2/c1-11-7-6-9-4-2-8(10)3-5-9/h2-5H,6-7H2,1H3. The summed E-state index contributed by atoms with van der Waals surface area (Å²) in [7, 11) is 1.66. The maximum absolute atomic E-state index is 10.7. The molecule has 3 nitrogen and oxygen atoms in total. The molecular weight excluding hydrogens is 142 g/mol. The molecule has 0 amide bonds. The minimum atomic E-state index is 0.0404. The average Bonchev–Trinajstić information content (AvgIpc) is 2.04. The minimum Gasteiger partial charge on any atom is -0.383 e. The predicted molar refractivity (Wildman–Crippen MR) is 42.6 cm³/mol. The van der Waals surface area contributed by atoms with E-state index >= 15 is 0 Å². The highest BCUT2D eigenvalue weighted by Crippen LogP contribution is 1.83. The van der Waals surface area contributed by atoms with E-state index in [1.165, 1.54) is 12.1 Å². The van der Waals surface area contributed by atoms with Gasteiger partial charge in [-0.3, -0.25) is 4.79 Å². The molecular formula is C8H11NO2. The maximum atomic E-state index is 10.7. The smallest absolute Gasteiger partial charge is 0.181 e. The molecule has 0 bridgehead atoms. The summed E-state index contributed by atoms with van der Waals surface area (Å²) in [6.45, 7) is 1.46. The highest BCUT2D eigenvalue weighted by atomic mass is 16.5. The van der Waals surface area contributed by atoms with Gasteiger partial charge in [0.15, 0.2) is 5.43 Å². The molecule has 1 heterocycles. The van der Waals surface area contributed by atoms with Crippen LogP contribution in [0.25, 0.3) is 0 Å². The third-order valence-electron chi connectivity index (χ3n) is 1.41. The molecule has 0 fully saturated rings. The molecule has 0 aromatic carbocycles. The van der Waals surface area contributed by atoms with Crippen molar-refractivity contribution in [3.05, 3.63) is 34.7 Å². The van der Waals surface area contributed by atoms with Gasteiger partial charge in [0.2, 0.25) is 0 Å². The number of aromatic nitrogens is 1. The van der Waals surface area contributed by atoms with Crippen molar-refractivity contribution in [2.75, 3.05) is 13.7 Å². The van der Waals surface area contributed by atoms with Crippen molar-refractivity contribution in [2.24, 2.45) is 0 Å². The van der Waals surface area contributed by atoms with Crippen LogP contribution in [0.1, 0.15) is 0 Å². The Labute approximate surface area is 65.2 Å². The molecule has 0 aliphatic rings. The Morgan fingerprint density at radius 3 is 2.64 bits per heavy atom. The van der Waals surface area contributed by atoms with Crippen molar-refractivity contribution in [3.8, 4) is 0 Å². The van der Waals surface area contributed by atoms with Gasteiger partial charge < -0.3 is 9.30 Å². The van der Waals surface area contributed by atoms with Gasteiger partial charge in [-0.1, -0.05) is 0 Å². The van der Waals surface area contributed by atoms with E-state index in [0.717, 1.165) is 6.54 Å². The van der Waals surface area contributed by atoms with Crippen LogP contribution in [0.3, 0.4) is 0 Å². The molecule has 0 unspecified atom stereocenters. The van der Waals surface area contributed by atoms with Gasteiger partial charge in [-0.25, -0.2) is 0 Å². The molecule has 0 spiro atoms. The van der Waals surface area contributed by atoms with E-state index in [9.17, 15) is 4.79 Å². The van der Waals surface area contributed by atoms with Crippen LogP contribution in [-0.2, 0) is 11.3 Å². The summed E-state index contributed by atoms with van der Waals surface area (Å²) in [4.78, 5) is 10.7. The first-order valence-corrected chi connectivity index (χ1v) is 3.48. The Morgan fingerprint density at radius 2 is 2.09 bits per heavy atom. The number of hydrogen-bond acceptors (Lipinski definition) is 2. The Morgan fingerprint density at radius 1 is 1.45 bits per heavy atom. The van der Waals surface area contributed by atoms with Crippen molar-refractivity contribution >= 4 is 0 Å². The van der Waals surface area contributed by atoms with Gasteiger partial charge in [0.25, 0.3) is 0 Å². The number of rotatable bonds is 3. The lowest BCUT2D eigenvalue weighted by Crippen LogP contribution is -2.07. The van der Waals surface area contributed by atoms with E-state index < -0.39 is 0 Å². The van der Waals surface area contributed by atoms with Crippen LogP contribution in [0.4, 0.5) is 0 Å². The summed E-state index contributed by atoms with van der Waals surface area (Å²) in [5, 5.41) is 0. The van der Waals surface area contributed by atoms with Crippen molar-refractivity contribution < 1.29 is 4.74 Å². The van der Waals surface area contributed by atoms with E-state index in [0.29, 0.717) is 6.61 Å². The molecule has 1 aromatic heterocycles. The second kappa shape index (κ2) is 3.93. The zero-order valence-corrected chi connectivity index (χ0v) is 6.49. The molecule has 0 atom stereocenters. The van der Waals surface area contributed by atoms with Gasteiger partial charge in [0, 0.05) is 38.2 Å². The highest BCUT2D eigenvalue weighted by Gasteiger charge is 1.86. The molecule has 0 saturated carbocycles. The Hall–Kier alpha value is -1.09. The molecule has 0 N–H and O–H groups in total. The fraction of sp³-hybridized carbons (Fsp3) is 0.375. The van der Waals surface area contributed by atoms with Crippen LogP contribution >= 0.6 is 0 Å². The van der Waals surface area contributed by atoms with Crippen molar-refractivity contribution in [2.45, 2.75) is 6.54 Å². The molecule has 11 heavy (non-hydrogen) atoms. The first-order valence-electron chi connectivity index (χ1n) is 3.48. The predicted octanol–water partition coefficient (Wildman–Crippen LogP) is 0.495. The Bertz CT molecular complexity index is 247. The summed E-state index contributed by atoms with van der Waals surface area (Å²) in [5.74, 6) is 0. The summed E-state index contributed by atoms with van der Waals surface area (Å²) in [6, 6.07) is 3.07. The third kappa shape index (κ3) is 2.55. The highest BCUT2D eigenvalue weighted by molar-refractivity contribution is 4.93. The van der Waals surface area contributed by atoms with Crippen LogP contribution in [0.15, 0.2) is 29.3 Å². The average molecular weight is 153 g/mol. The zero-order chi connectivity index (χ0) is 8.10. The van der Waals surface area contributed by atoms with Gasteiger partial charge in [-0.05, 0) is 0 Å². The van der Waals surface area contributed by atoms with Crippen LogP contribution in [0.5, 0.6) is 0 Å². The number of nitrogens with zero attached hydrogens (tertiary/aromatic N) is 1. The summed E-state index contributed by atoms with van der Waals surface area (Å²) in [6.07, 6.45) is 3.50. The maximum Gasteiger partial charge on any atom is 0.181 e. The van der Waals surface area contributed by atoms with E-state index in [4.69, 9.17) is 4.74 Å². The summed E-state index contributed by atoms with van der Waals surface area (Å²) in [5.41, 5.74) is 0.0404. The molecule has 0 aliphatic heterocycles. The van der Waals surface area contributed by atoms with Crippen molar-refractivity contribution in [1.29, 1.82) is 0 Å². The normalized spacial score (nSPS) is 9.91. The van der Waals surface area contributed by atoms with Gasteiger partial charge in [0.05, 0.1) is 6.61 Å². The SMILES string of the molecule is COCCn1ccc(=O)cc1. The number of hydrogen-bond donors (Lipinski definition) is 0. The molecule has 3 heteroatoms. The molecule has 0 aliphatic carbocycles. The fourth-order valence-corrected chi connectivity index (χ4v) is 0.789. The lowest BCUT2D eigenvalue weighted by atomic mass is 10.4. The van der Waals surface area contributed by atoms with Crippen molar-refractivity contribution in [3.63, 3.8) is 0 Å². The third-order valence-corrected chi connectivity index (χ3v) is 1.41. The van der Waals surface area contributed by atoms with Gasteiger partial charge >= 0.3 is 0 Å². The summed E-state index contributed by atoms with van der Waals surface area (Å²) >= 11 is 0. The van der Waals surface area contributed by atoms with Crippen LogP contribution in [0.2, 0.25) is 0 Å². The fourth-order valence-electron chi connectivity index (χ4n) is 0.789. The molecule has 1 rings (SSSR count). The number of pyridine rings is 1. The lowest BCUT2D eigenvalue weighted by molar-refractivity contribution is 0.187. The Balaban J connectivity index is 2.59. The van der Waals surface area contributed by atoms with E-state index in [1.54, 1.807) is 19.5 Å². The topological polar surface area (TPSA) is 31.2 Å². The van der Waals surface area contributed by atoms with Gasteiger partial charge in [0.1, 0.15) is 0 Å². The molecule has 1 aromatic rings. The molecule has 60 valence electrons. The molecule has 0 saturated heterocycles. The van der Waals surface area contributed by atoms with Gasteiger partial charge in [-0.2, -0.15) is 0 Å². The van der Waals surface area contributed by atoms with Crippen LogP contribution in [-0.4, -0.2) is 18.3 Å². The quantitative estimate of drug-likeness (QED) is 0.633. The largest absolute Gasteiger partial charge is 0.383 e. The second-order valence-electron chi connectivity index (χ2n) is 2.26.